The molecule has 1 aromatic heterocycles. The maximum absolute atomic E-state index is 11.1. The number of hydrogen-bond acceptors (Lipinski definition) is 3. The summed E-state index contributed by atoms with van der Waals surface area (Å²) in [4.78, 5) is 21.5. The first-order chi connectivity index (χ1) is 7.09. The summed E-state index contributed by atoms with van der Waals surface area (Å²) < 4.78 is 4.98. The maximum atomic E-state index is 11.1. The molecule has 0 saturated heterocycles. The first-order valence-electron chi connectivity index (χ1n) is 4.39. The Balaban J connectivity index is 2.28. The highest BCUT2D eigenvalue weighted by Crippen LogP contribution is 1.98. The highest BCUT2D eigenvalue weighted by atomic mass is 16.4. The fourth-order valence-corrected chi connectivity index (χ4v) is 0.890. The first-order valence-corrected chi connectivity index (χ1v) is 4.39. The van der Waals surface area contributed by atoms with E-state index in [4.69, 9.17) is 9.52 Å². The van der Waals surface area contributed by atoms with Gasteiger partial charge in [0.2, 0.25) is 0 Å². The largest absolute Gasteiger partial charge is 0.480 e. The molecule has 1 aromatic rings. The van der Waals surface area contributed by atoms with Gasteiger partial charge in [0.05, 0.1) is 12.8 Å². The third-order valence-corrected chi connectivity index (χ3v) is 1.72. The molecule has 1 atom stereocenters. The van der Waals surface area contributed by atoms with Gasteiger partial charge in [-0.2, -0.15) is 0 Å². The van der Waals surface area contributed by atoms with E-state index in [1.54, 1.807) is 12.1 Å². The smallest absolute Gasteiger partial charge is 0.325 e. The van der Waals surface area contributed by atoms with Crippen LogP contribution in [0.1, 0.15) is 12.7 Å². The molecule has 3 N–H and O–H groups in total. The lowest BCUT2D eigenvalue weighted by Gasteiger charge is -2.09. The van der Waals surface area contributed by atoms with Crippen molar-refractivity contribution in [2.75, 3.05) is 0 Å². The van der Waals surface area contributed by atoms with Gasteiger partial charge < -0.3 is 20.2 Å². The second kappa shape index (κ2) is 5.04. The lowest BCUT2D eigenvalue weighted by Crippen LogP contribution is -2.44. The molecule has 15 heavy (non-hydrogen) atoms. The molecule has 0 fully saturated rings. The van der Waals surface area contributed by atoms with Crippen molar-refractivity contribution in [3.05, 3.63) is 24.2 Å². The fourth-order valence-electron chi connectivity index (χ4n) is 0.890. The van der Waals surface area contributed by atoms with Gasteiger partial charge in [-0.3, -0.25) is 4.79 Å². The van der Waals surface area contributed by atoms with Crippen LogP contribution in [0.5, 0.6) is 0 Å². The number of carboxylic acids is 1. The molecule has 0 aliphatic carbocycles. The molecule has 0 saturated carbocycles. The topological polar surface area (TPSA) is 91.6 Å². The van der Waals surface area contributed by atoms with Crippen molar-refractivity contribution in [3.63, 3.8) is 0 Å². The van der Waals surface area contributed by atoms with Crippen LogP contribution in [0.25, 0.3) is 0 Å². The summed E-state index contributed by atoms with van der Waals surface area (Å²) in [6, 6.07) is 1.96. The van der Waals surface area contributed by atoms with E-state index in [0.717, 1.165) is 0 Å². The normalized spacial score (nSPS) is 11.8. The van der Waals surface area contributed by atoms with Crippen molar-refractivity contribution < 1.29 is 19.1 Å². The average molecular weight is 212 g/mol. The van der Waals surface area contributed by atoms with Crippen molar-refractivity contribution in [2.24, 2.45) is 0 Å². The highest BCUT2D eigenvalue weighted by molar-refractivity contribution is 5.82. The number of rotatable bonds is 4. The van der Waals surface area contributed by atoms with Crippen LogP contribution in [-0.4, -0.2) is 23.1 Å². The van der Waals surface area contributed by atoms with Crippen LogP contribution in [0.4, 0.5) is 4.79 Å². The number of carboxylic acid groups (broad SMARTS) is 1. The minimum Gasteiger partial charge on any atom is -0.480 e. The maximum Gasteiger partial charge on any atom is 0.325 e. The highest BCUT2D eigenvalue weighted by Gasteiger charge is 2.13. The molecule has 0 aromatic carbocycles. The molecule has 2 amide bonds. The van der Waals surface area contributed by atoms with E-state index in [-0.39, 0.29) is 6.54 Å². The number of hydrogen-bond donors (Lipinski definition) is 3. The Morgan fingerprint density at radius 1 is 1.60 bits per heavy atom. The molecule has 0 radical (unpaired) electrons. The summed E-state index contributed by atoms with van der Waals surface area (Å²) >= 11 is 0. The minimum absolute atomic E-state index is 0.227. The van der Waals surface area contributed by atoms with E-state index in [1.807, 2.05) is 0 Å². The van der Waals surface area contributed by atoms with Crippen LogP contribution in [0.2, 0.25) is 0 Å². The lowest BCUT2D eigenvalue weighted by molar-refractivity contribution is -0.138. The predicted molar refractivity (Wildman–Crippen MR) is 51.2 cm³/mol. The van der Waals surface area contributed by atoms with Gasteiger partial charge in [-0.05, 0) is 19.1 Å². The van der Waals surface area contributed by atoms with Gasteiger partial charge in [-0.1, -0.05) is 0 Å². The van der Waals surface area contributed by atoms with Crippen molar-refractivity contribution in [3.8, 4) is 0 Å². The van der Waals surface area contributed by atoms with Crippen LogP contribution >= 0.6 is 0 Å². The Hall–Kier alpha value is -1.98. The number of urea groups is 1. The Morgan fingerprint density at radius 3 is 2.87 bits per heavy atom. The summed E-state index contributed by atoms with van der Waals surface area (Å²) in [6.07, 6.45) is 1.49. The summed E-state index contributed by atoms with van der Waals surface area (Å²) in [5.41, 5.74) is 0. The molecule has 0 aliphatic rings. The number of furan rings is 1. The minimum atomic E-state index is -1.08. The van der Waals surface area contributed by atoms with E-state index < -0.39 is 18.0 Å². The second-order valence-corrected chi connectivity index (χ2v) is 2.97. The third-order valence-electron chi connectivity index (χ3n) is 1.72. The standard InChI is InChI=1S/C9H12N2O4/c1-6(8(12)13)11-9(14)10-5-7-3-2-4-15-7/h2-4,6H,5H2,1H3,(H,12,13)(H2,10,11,14)/t6-/m1/s1. The van der Waals surface area contributed by atoms with Gasteiger partial charge in [0.25, 0.3) is 0 Å². The molecule has 1 heterocycles. The van der Waals surface area contributed by atoms with Gasteiger partial charge in [-0.15, -0.1) is 0 Å². The van der Waals surface area contributed by atoms with E-state index in [2.05, 4.69) is 10.6 Å². The number of aliphatic carboxylic acids is 1. The Morgan fingerprint density at radius 2 is 2.33 bits per heavy atom. The summed E-state index contributed by atoms with van der Waals surface area (Å²) in [6.45, 7) is 1.61. The molecule has 6 heteroatoms. The van der Waals surface area contributed by atoms with E-state index in [0.29, 0.717) is 5.76 Å². The molecule has 0 aliphatic heterocycles. The summed E-state index contributed by atoms with van der Waals surface area (Å²) in [5.74, 6) is -0.476. The van der Waals surface area contributed by atoms with Gasteiger partial charge in [0.1, 0.15) is 11.8 Å². The van der Waals surface area contributed by atoms with Crippen LogP contribution in [-0.2, 0) is 11.3 Å². The van der Waals surface area contributed by atoms with Crippen molar-refractivity contribution in [2.45, 2.75) is 19.5 Å². The number of nitrogens with one attached hydrogen (secondary N) is 2. The molecule has 0 bridgehead atoms. The summed E-state index contributed by atoms with van der Waals surface area (Å²) in [5, 5.41) is 13.2. The van der Waals surface area contributed by atoms with Gasteiger partial charge in [0.15, 0.2) is 0 Å². The molecule has 1 rings (SSSR count). The first kappa shape index (κ1) is 11.1. The van der Waals surface area contributed by atoms with Gasteiger partial charge >= 0.3 is 12.0 Å². The van der Waals surface area contributed by atoms with Gasteiger partial charge in [-0.25, -0.2) is 4.79 Å². The molecule has 82 valence electrons. The number of amides is 2. The Kier molecular flexibility index (Phi) is 3.73. The lowest BCUT2D eigenvalue weighted by atomic mass is 10.3. The zero-order valence-electron chi connectivity index (χ0n) is 8.19. The molecular formula is C9H12N2O4. The number of carbonyl (C=O) groups is 2. The Labute approximate surface area is 86.3 Å². The third kappa shape index (κ3) is 3.72. The summed E-state index contributed by atoms with van der Waals surface area (Å²) in [7, 11) is 0. The van der Waals surface area contributed by atoms with Gasteiger partial charge in [0, 0.05) is 0 Å². The zero-order chi connectivity index (χ0) is 11.3. The zero-order valence-corrected chi connectivity index (χ0v) is 8.19. The molecule has 6 nitrogen and oxygen atoms in total. The van der Waals surface area contributed by atoms with Crippen molar-refractivity contribution in [1.82, 2.24) is 10.6 Å². The van der Waals surface area contributed by atoms with Crippen molar-refractivity contribution >= 4 is 12.0 Å². The van der Waals surface area contributed by atoms with Crippen LogP contribution in [0.3, 0.4) is 0 Å². The molecule has 0 spiro atoms. The SMILES string of the molecule is C[C@@H](NC(=O)NCc1ccco1)C(=O)O. The molecular weight excluding hydrogens is 200 g/mol. The van der Waals surface area contributed by atoms with E-state index >= 15 is 0 Å². The van der Waals surface area contributed by atoms with E-state index in [9.17, 15) is 9.59 Å². The monoisotopic (exact) mass is 212 g/mol. The van der Waals surface area contributed by atoms with Crippen molar-refractivity contribution in [1.29, 1.82) is 0 Å². The van der Waals surface area contributed by atoms with E-state index in [1.165, 1.54) is 13.2 Å². The molecule has 0 unspecified atom stereocenters. The Bertz CT molecular complexity index is 334. The average Bonchev–Trinajstić information content (AvgIpc) is 2.66. The number of carbonyl (C=O) groups excluding carboxylic acids is 1. The quantitative estimate of drug-likeness (QED) is 0.679. The van der Waals surface area contributed by atoms with Crippen LogP contribution in [0, 0.1) is 0 Å². The van der Waals surface area contributed by atoms with Crippen LogP contribution in [0.15, 0.2) is 22.8 Å². The fraction of sp³-hybridized carbons (Fsp3) is 0.333. The second-order valence-electron chi connectivity index (χ2n) is 2.97. The van der Waals surface area contributed by atoms with Crippen LogP contribution < -0.4 is 10.6 Å². The predicted octanol–water partition coefficient (Wildman–Crippen LogP) is 0.552.